The van der Waals surface area contributed by atoms with Gasteiger partial charge in [0.05, 0.1) is 0 Å². The molecule has 1 heterocycles. The molecule has 0 bridgehead atoms. The summed E-state index contributed by atoms with van der Waals surface area (Å²) in [6.07, 6.45) is 0.984. The molecule has 2 rings (SSSR count). The van der Waals surface area contributed by atoms with Crippen molar-refractivity contribution < 1.29 is 18.0 Å². The Hall–Kier alpha value is -0.923. The summed E-state index contributed by atoms with van der Waals surface area (Å²) in [6, 6.07) is 9.08. The SMILES string of the molecule is CCO[Si](CCCN1COc2ccccc2C1)(OCC)OCC. The highest BCUT2D eigenvalue weighted by Gasteiger charge is 2.39. The lowest BCUT2D eigenvalue weighted by Gasteiger charge is -2.31. The van der Waals surface area contributed by atoms with Gasteiger partial charge in [0.15, 0.2) is 0 Å². The van der Waals surface area contributed by atoms with Gasteiger partial charge in [-0.3, -0.25) is 4.90 Å². The Kier molecular flexibility index (Phi) is 7.52. The van der Waals surface area contributed by atoms with Crippen molar-refractivity contribution in [3.05, 3.63) is 29.8 Å². The van der Waals surface area contributed by atoms with Gasteiger partial charge in [0.1, 0.15) is 12.5 Å². The van der Waals surface area contributed by atoms with Crippen molar-refractivity contribution >= 4 is 8.80 Å². The molecule has 0 saturated carbocycles. The standard InChI is InChI=1S/C17H29NO4Si/c1-4-20-23(21-5-2,22-6-3)13-9-12-18-14-16-10-7-8-11-17(16)19-15-18/h7-8,10-11H,4-6,9,12-15H2,1-3H3. The van der Waals surface area contributed by atoms with Crippen molar-refractivity contribution in [2.24, 2.45) is 0 Å². The predicted molar refractivity (Wildman–Crippen MR) is 92.4 cm³/mol. The number of ether oxygens (including phenoxy) is 1. The van der Waals surface area contributed by atoms with Gasteiger partial charge < -0.3 is 18.0 Å². The van der Waals surface area contributed by atoms with Gasteiger partial charge in [-0.2, -0.15) is 0 Å². The molecule has 0 spiro atoms. The van der Waals surface area contributed by atoms with Gasteiger partial charge in [-0.1, -0.05) is 18.2 Å². The summed E-state index contributed by atoms with van der Waals surface area (Å²) >= 11 is 0. The van der Waals surface area contributed by atoms with Crippen LogP contribution in [0.3, 0.4) is 0 Å². The highest BCUT2D eigenvalue weighted by Crippen LogP contribution is 2.25. The Bertz CT molecular complexity index is 455. The Labute approximate surface area is 140 Å². The first-order chi connectivity index (χ1) is 11.2. The molecule has 0 amide bonds. The molecule has 0 aromatic heterocycles. The average Bonchev–Trinajstić information content (AvgIpc) is 2.55. The Morgan fingerprint density at radius 3 is 2.35 bits per heavy atom. The summed E-state index contributed by atoms with van der Waals surface area (Å²) < 4.78 is 23.5. The molecule has 1 aliphatic rings. The van der Waals surface area contributed by atoms with Crippen molar-refractivity contribution in [1.82, 2.24) is 4.90 Å². The van der Waals surface area contributed by atoms with Gasteiger partial charge in [-0.15, -0.1) is 0 Å². The third-order valence-corrected chi connectivity index (χ3v) is 6.97. The number of hydrogen-bond donors (Lipinski definition) is 0. The maximum Gasteiger partial charge on any atom is 0.500 e. The number of benzene rings is 1. The lowest BCUT2D eigenvalue weighted by Crippen LogP contribution is -2.46. The van der Waals surface area contributed by atoms with E-state index in [0.717, 1.165) is 31.3 Å². The maximum atomic E-state index is 5.90. The second-order valence-electron chi connectivity index (χ2n) is 5.52. The molecule has 0 unspecified atom stereocenters. The molecule has 23 heavy (non-hydrogen) atoms. The van der Waals surface area contributed by atoms with Crippen LogP contribution in [0.25, 0.3) is 0 Å². The minimum atomic E-state index is -2.52. The van der Waals surface area contributed by atoms with Gasteiger partial charge in [0.25, 0.3) is 0 Å². The van der Waals surface area contributed by atoms with E-state index in [9.17, 15) is 0 Å². The molecule has 6 heteroatoms. The lowest BCUT2D eigenvalue weighted by molar-refractivity contribution is 0.0653. The number of para-hydroxylation sites is 1. The zero-order valence-corrected chi connectivity index (χ0v) is 15.5. The van der Waals surface area contributed by atoms with E-state index in [1.807, 2.05) is 32.9 Å². The van der Waals surface area contributed by atoms with Crippen LogP contribution in [0.15, 0.2) is 24.3 Å². The normalized spacial score (nSPS) is 15.3. The summed E-state index contributed by atoms with van der Waals surface area (Å²) in [5.74, 6) is 1.01. The van der Waals surface area contributed by atoms with Crippen molar-refractivity contribution in [2.45, 2.75) is 39.8 Å². The summed E-state index contributed by atoms with van der Waals surface area (Å²) in [7, 11) is -2.52. The van der Waals surface area contributed by atoms with Crippen LogP contribution < -0.4 is 4.74 Å². The topological polar surface area (TPSA) is 40.2 Å². The summed E-state index contributed by atoms with van der Waals surface area (Å²) in [4.78, 5) is 2.31. The van der Waals surface area contributed by atoms with Gasteiger partial charge >= 0.3 is 8.80 Å². The van der Waals surface area contributed by atoms with E-state index in [1.165, 1.54) is 5.56 Å². The number of nitrogens with zero attached hydrogens (tertiary/aromatic N) is 1. The molecule has 130 valence electrons. The van der Waals surface area contributed by atoms with Crippen molar-refractivity contribution in [1.29, 1.82) is 0 Å². The van der Waals surface area contributed by atoms with Crippen LogP contribution in [-0.2, 0) is 19.8 Å². The molecule has 1 aromatic rings. The van der Waals surface area contributed by atoms with Crippen LogP contribution in [0.5, 0.6) is 5.75 Å². The molecule has 1 aromatic carbocycles. The second kappa shape index (κ2) is 9.39. The highest BCUT2D eigenvalue weighted by atomic mass is 28.4. The Morgan fingerprint density at radius 1 is 1.04 bits per heavy atom. The molecule has 0 atom stereocenters. The molecule has 0 saturated heterocycles. The van der Waals surface area contributed by atoms with Gasteiger partial charge in [-0.05, 0) is 33.3 Å². The van der Waals surface area contributed by atoms with E-state index in [-0.39, 0.29) is 0 Å². The minimum absolute atomic E-state index is 0.631. The number of hydrogen-bond acceptors (Lipinski definition) is 5. The van der Waals surface area contributed by atoms with E-state index in [1.54, 1.807) is 0 Å². The molecule has 0 radical (unpaired) electrons. The molecule has 0 fully saturated rings. The van der Waals surface area contributed by atoms with Crippen LogP contribution >= 0.6 is 0 Å². The third kappa shape index (κ3) is 5.29. The first-order valence-corrected chi connectivity index (χ1v) is 10.5. The first kappa shape index (κ1) is 18.4. The smallest absolute Gasteiger partial charge is 0.478 e. The zero-order chi connectivity index (χ0) is 16.5. The van der Waals surface area contributed by atoms with Crippen LogP contribution in [0.2, 0.25) is 6.04 Å². The fraction of sp³-hybridized carbons (Fsp3) is 0.647. The fourth-order valence-electron chi connectivity index (χ4n) is 2.89. The summed E-state index contributed by atoms with van der Waals surface area (Å²) in [6.45, 7) is 10.4. The minimum Gasteiger partial charge on any atom is -0.478 e. The van der Waals surface area contributed by atoms with E-state index in [4.69, 9.17) is 18.0 Å². The van der Waals surface area contributed by atoms with Crippen molar-refractivity contribution in [3.63, 3.8) is 0 Å². The van der Waals surface area contributed by atoms with Gasteiger partial charge in [0, 0.05) is 44.5 Å². The molecule has 0 N–H and O–H groups in total. The lowest BCUT2D eigenvalue weighted by atomic mass is 10.1. The third-order valence-electron chi connectivity index (χ3n) is 3.82. The number of rotatable bonds is 10. The molecular weight excluding hydrogens is 310 g/mol. The van der Waals surface area contributed by atoms with Gasteiger partial charge in [0.2, 0.25) is 0 Å². The molecule has 5 nitrogen and oxygen atoms in total. The van der Waals surface area contributed by atoms with E-state index in [2.05, 4.69) is 17.0 Å². The summed E-state index contributed by atoms with van der Waals surface area (Å²) in [5.41, 5.74) is 1.25. The average molecular weight is 340 g/mol. The fourth-order valence-corrected chi connectivity index (χ4v) is 5.48. The quantitative estimate of drug-likeness (QED) is 0.612. The highest BCUT2D eigenvalue weighted by molar-refractivity contribution is 6.60. The monoisotopic (exact) mass is 339 g/mol. The van der Waals surface area contributed by atoms with Crippen LogP contribution in [0.1, 0.15) is 32.8 Å². The van der Waals surface area contributed by atoms with Crippen molar-refractivity contribution in [2.75, 3.05) is 33.1 Å². The van der Waals surface area contributed by atoms with Crippen molar-refractivity contribution in [3.8, 4) is 5.75 Å². The zero-order valence-electron chi connectivity index (χ0n) is 14.5. The second-order valence-corrected chi connectivity index (χ2v) is 8.25. The first-order valence-electron chi connectivity index (χ1n) is 8.58. The summed E-state index contributed by atoms with van der Waals surface area (Å²) in [5, 5.41) is 0. The van der Waals surface area contributed by atoms with E-state index < -0.39 is 8.80 Å². The Morgan fingerprint density at radius 2 is 1.70 bits per heavy atom. The number of fused-ring (bicyclic) bond motifs is 1. The molecule has 0 aliphatic carbocycles. The van der Waals surface area contributed by atoms with Gasteiger partial charge in [-0.25, -0.2) is 0 Å². The largest absolute Gasteiger partial charge is 0.500 e. The molecular formula is C17H29NO4Si. The van der Waals surface area contributed by atoms with Crippen LogP contribution in [0.4, 0.5) is 0 Å². The predicted octanol–water partition coefficient (Wildman–Crippen LogP) is 3.28. The van der Waals surface area contributed by atoms with E-state index in [0.29, 0.717) is 26.6 Å². The van der Waals surface area contributed by atoms with Crippen LogP contribution in [-0.4, -0.2) is 46.8 Å². The van der Waals surface area contributed by atoms with E-state index >= 15 is 0 Å². The van der Waals surface area contributed by atoms with Crippen LogP contribution in [0, 0.1) is 0 Å². The maximum absolute atomic E-state index is 5.90. The Balaban J connectivity index is 1.85. The molecule has 1 aliphatic heterocycles.